The molecular formula is C32H47N5OSi. The molecule has 0 fully saturated rings. The van der Waals surface area contributed by atoms with Crippen LogP contribution in [0.25, 0.3) is 0 Å². The van der Waals surface area contributed by atoms with E-state index in [0.29, 0.717) is 16.6 Å². The lowest BCUT2D eigenvalue weighted by Crippen LogP contribution is -2.51. The van der Waals surface area contributed by atoms with Crippen LogP contribution in [0.5, 0.6) is 0 Å². The molecule has 3 aromatic rings. The van der Waals surface area contributed by atoms with Crippen molar-refractivity contribution in [1.82, 2.24) is 14.9 Å². The van der Waals surface area contributed by atoms with Crippen molar-refractivity contribution in [2.75, 3.05) is 30.4 Å². The summed E-state index contributed by atoms with van der Waals surface area (Å²) in [5.41, 5.74) is 5.38. The number of anilines is 2. The topological polar surface area (TPSA) is 53.5 Å². The Morgan fingerprint density at radius 2 is 1.49 bits per heavy atom. The van der Waals surface area contributed by atoms with E-state index in [0.717, 1.165) is 50.0 Å². The summed E-state index contributed by atoms with van der Waals surface area (Å²) in [4.78, 5) is 14.3. The Morgan fingerprint density at radius 1 is 0.897 bits per heavy atom. The third-order valence-electron chi connectivity index (χ3n) is 8.39. The molecule has 1 aliphatic rings. The summed E-state index contributed by atoms with van der Waals surface area (Å²) in [7, 11) is 0.129. The fourth-order valence-corrected chi connectivity index (χ4v) is 12.0. The Balaban J connectivity index is 1.64. The molecule has 7 heteroatoms. The number of rotatable bonds is 11. The number of fused-ring (bicyclic) bond motifs is 1. The minimum absolute atomic E-state index is 0.217. The van der Waals surface area contributed by atoms with E-state index in [1.807, 2.05) is 0 Å². The van der Waals surface area contributed by atoms with E-state index in [9.17, 15) is 0 Å². The van der Waals surface area contributed by atoms with Crippen LogP contribution in [-0.4, -0.2) is 49.4 Å². The van der Waals surface area contributed by atoms with E-state index in [4.69, 9.17) is 14.4 Å². The second-order valence-corrected chi connectivity index (χ2v) is 17.4. The summed E-state index contributed by atoms with van der Waals surface area (Å²) in [6.07, 6.45) is 1.69. The lowest BCUT2D eigenvalue weighted by Gasteiger charge is -2.44. The van der Waals surface area contributed by atoms with Crippen molar-refractivity contribution in [3.63, 3.8) is 0 Å². The molecule has 2 heterocycles. The summed E-state index contributed by atoms with van der Waals surface area (Å²) in [5, 5.41) is 3.69. The minimum Gasteiger partial charge on any atom is -0.414 e. The van der Waals surface area contributed by atoms with Crippen LogP contribution in [0.4, 0.5) is 11.6 Å². The zero-order chi connectivity index (χ0) is 28.0. The fraction of sp³-hybridized carbons (Fsp3) is 0.500. The molecule has 39 heavy (non-hydrogen) atoms. The van der Waals surface area contributed by atoms with Crippen molar-refractivity contribution in [3.05, 3.63) is 83.7 Å². The van der Waals surface area contributed by atoms with Gasteiger partial charge in [0.1, 0.15) is 18.0 Å². The molecule has 2 aromatic carbocycles. The van der Waals surface area contributed by atoms with E-state index in [1.54, 1.807) is 6.33 Å². The Kier molecular flexibility index (Phi) is 9.80. The van der Waals surface area contributed by atoms with Crippen molar-refractivity contribution >= 4 is 20.0 Å². The average molecular weight is 546 g/mol. The minimum atomic E-state index is -1.99. The van der Waals surface area contributed by atoms with Crippen LogP contribution in [0.15, 0.2) is 67.0 Å². The van der Waals surface area contributed by atoms with Gasteiger partial charge in [-0.1, -0.05) is 102 Å². The van der Waals surface area contributed by atoms with Crippen molar-refractivity contribution in [3.8, 4) is 0 Å². The van der Waals surface area contributed by atoms with Crippen LogP contribution in [0.3, 0.4) is 0 Å². The molecule has 0 amide bonds. The van der Waals surface area contributed by atoms with Gasteiger partial charge in [0.2, 0.25) is 0 Å². The summed E-state index contributed by atoms with van der Waals surface area (Å²) < 4.78 is 7.14. The number of benzene rings is 2. The summed E-state index contributed by atoms with van der Waals surface area (Å²) in [5.74, 6) is 1.91. The highest BCUT2D eigenvalue weighted by Gasteiger charge is 2.45. The first-order valence-corrected chi connectivity index (χ1v) is 16.6. The zero-order valence-electron chi connectivity index (χ0n) is 24.9. The Labute approximate surface area is 237 Å². The molecule has 1 N–H and O–H groups in total. The van der Waals surface area contributed by atoms with Gasteiger partial charge in [0, 0.05) is 39.3 Å². The molecule has 0 bridgehead atoms. The van der Waals surface area contributed by atoms with Crippen LogP contribution < -0.4 is 10.2 Å². The number of hydrogen-bond donors (Lipinski definition) is 1. The maximum Gasteiger partial charge on any atom is 0.200 e. The Morgan fingerprint density at radius 3 is 2.08 bits per heavy atom. The molecular weight excluding hydrogens is 498 g/mol. The van der Waals surface area contributed by atoms with Gasteiger partial charge in [0.15, 0.2) is 8.32 Å². The van der Waals surface area contributed by atoms with Crippen LogP contribution in [0.2, 0.25) is 16.6 Å². The Hall–Kier alpha value is -2.74. The largest absolute Gasteiger partial charge is 0.414 e. The molecule has 6 nitrogen and oxygen atoms in total. The summed E-state index contributed by atoms with van der Waals surface area (Å²) in [6.45, 7) is 18.1. The van der Waals surface area contributed by atoms with Crippen LogP contribution >= 0.6 is 0 Å². The smallest absolute Gasteiger partial charge is 0.200 e. The van der Waals surface area contributed by atoms with Crippen molar-refractivity contribution in [2.45, 2.75) is 83.8 Å². The zero-order valence-corrected chi connectivity index (χ0v) is 25.9. The van der Waals surface area contributed by atoms with Crippen molar-refractivity contribution < 1.29 is 4.43 Å². The molecule has 1 aliphatic heterocycles. The van der Waals surface area contributed by atoms with E-state index in [2.05, 4.69) is 124 Å². The quantitative estimate of drug-likeness (QED) is 0.259. The molecule has 210 valence electrons. The molecule has 1 aromatic heterocycles. The van der Waals surface area contributed by atoms with Gasteiger partial charge >= 0.3 is 0 Å². The Bertz CT molecular complexity index is 1150. The third kappa shape index (κ3) is 6.71. The van der Waals surface area contributed by atoms with Gasteiger partial charge in [-0.15, -0.1) is 0 Å². The lowest BCUT2D eigenvalue weighted by atomic mass is 10.1. The molecule has 0 unspecified atom stereocenters. The standard InChI is InChI=1S/C32H47N5OSi/c1-24(2)39(25(3)4,26(5)6)38-22-29-18-33-31-30(21-37(29)20-28-16-12-9-13-17-28)32(35-23-34-31)36(7)19-27-14-10-8-11-15-27/h8-17,23-26,29H,18-22H2,1-7H3,(H,33,34,35)/t29-/m0/s1. The first kappa shape index (κ1) is 29.2. The fourth-order valence-electron chi connectivity index (χ4n) is 6.55. The SMILES string of the molecule is CC(C)[Si](OC[C@@H]1CNc2ncnc(N(C)Cc3ccccc3)c2CN1Cc1ccccc1)(C(C)C)C(C)C. The van der Waals surface area contributed by atoms with Gasteiger partial charge in [0.05, 0.1) is 12.2 Å². The van der Waals surface area contributed by atoms with Gasteiger partial charge in [0.25, 0.3) is 0 Å². The molecule has 0 radical (unpaired) electrons. The number of nitrogens with zero attached hydrogens (tertiary/aromatic N) is 4. The van der Waals surface area contributed by atoms with E-state index < -0.39 is 8.32 Å². The first-order valence-electron chi connectivity index (χ1n) is 14.5. The number of aromatic nitrogens is 2. The molecule has 0 aliphatic carbocycles. The van der Waals surface area contributed by atoms with Gasteiger partial charge in [-0.25, -0.2) is 9.97 Å². The second kappa shape index (κ2) is 13.1. The first-order chi connectivity index (χ1) is 18.7. The normalized spacial score (nSPS) is 16.3. The van der Waals surface area contributed by atoms with Gasteiger partial charge < -0.3 is 14.6 Å². The van der Waals surface area contributed by atoms with Gasteiger partial charge in [-0.2, -0.15) is 0 Å². The second-order valence-electron chi connectivity index (χ2n) is 11.9. The predicted molar refractivity (Wildman–Crippen MR) is 166 cm³/mol. The van der Waals surface area contributed by atoms with Gasteiger partial charge in [-0.05, 0) is 27.8 Å². The van der Waals surface area contributed by atoms with Crippen LogP contribution in [-0.2, 0) is 24.1 Å². The van der Waals surface area contributed by atoms with E-state index in [-0.39, 0.29) is 6.04 Å². The van der Waals surface area contributed by atoms with Crippen molar-refractivity contribution in [1.29, 1.82) is 0 Å². The van der Waals surface area contributed by atoms with Crippen molar-refractivity contribution in [2.24, 2.45) is 0 Å². The third-order valence-corrected chi connectivity index (χ3v) is 14.5. The summed E-state index contributed by atoms with van der Waals surface area (Å²) >= 11 is 0. The molecule has 0 saturated carbocycles. The van der Waals surface area contributed by atoms with Gasteiger partial charge in [-0.3, -0.25) is 4.90 Å². The highest BCUT2D eigenvalue weighted by atomic mass is 28.4. The summed E-state index contributed by atoms with van der Waals surface area (Å²) in [6, 6.07) is 21.6. The van der Waals surface area contributed by atoms with E-state index in [1.165, 1.54) is 11.1 Å². The van der Waals surface area contributed by atoms with E-state index >= 15 is 0 Å². The van der Waals surface area contributed by atoms with Crippen LogP contribution in [0.1, 0.15) is 58.2 Å². The highest BCUT2D eigenvalue weighted by molar-refractivity contribution is 6.77. The molecule has 4 rings (SSSR count). The monoisotopic (exact) mass is 545 g/mol. The lowest BCUT2D eigenvalue weighted by molar-refractivity contribution is 0.121. The average Bonchev–Trinajstić information content (AvgIpc) is 3.08. The molecule has 0 spiro atoms. The molecule has 0 saturated heterocycles. The number of hydrogen-bond acceptors (Lipinski definition) is 6. The predicted octanol–water partition coefficient (Wildman–Crippen LogP) is 7.10. The maximum absolute atomic E-state index is 7.14. The molecule has 1 atom stereocenters. The number of nitrogens with one attached hydrogen (secondary N) is 1. The maximum atomic E-state index is 7.14. The van der Waals surface area contributed by atoms with Crippen LogP contribution in [0, 0.1) is 0 Å². The highest BCUT2D eigenvalue weighted by Crippen LogP contribution is 2.42.